The standard InChI is InChI=1S/C33H32N4O/c1-22(33(38)37-30-20-26(15-17-28(30)34)24-11-7-4-8-12-24)19-27-16-18-29(31(25-13-14-25)32(27)35-2)36-21-23-9-5-3-6-10-23/h3-12,15-20,25,36H,2,13-14,21,34H2,1H3,(H,37,38)/b22-19+. The van der Waals surface area contributed by atoms with Gasteiger partial charge in [0.15, 0.2) is 0 Å². The maximum atomic E-state index is 13.2. The van der Waals surface area contributed by atoms with Gasteiger partial charge in [-0.25, -0.2) is 0 Å². The minimum absolute atomic E-state index is 0.212. The van der Waals surface area contributed by atoms with Crippen molar-refractivity contribution in [3.05, 3.63) is 113 Å². The molecule has 0 radical (unpaired) electrons. The summed E-state index contributed by atoms with van der Waals surface area (Å²) < 4.78 is 0. The molecule has 38 heavy (non-hydrogen) atoms. The average Bonchev–Trinajstić information content (AvgIpc) is 3.79. The second kappa shape index (κ2) is 11.2. The first kappa shape index (κ1) is 25.0. The Morgan fingerprint density at radius 3 is 2.34 bits per heavy atom. The third-order valence-electron chi connectivity index (χ3n) is 6.86. The van der Waals surface area contributed by atoms with Crippen LogP contribution < -0.4 is 16.4 Å². The first-order valence-corrected chi connectivity index (χ1v) is 12.9. The van der Waals surface area contributed by atoms with Gasteiger partial charge in [-0.15, -0.1) is 0 Å². The molecule has 0 bridgehead atoms. The van der Waals surface area contributed by atoms with E-state index in [-0.39, 0.29) is 5.91 Å². The van der Waals surface area contributed by atoms with Crippen molar-refractivity contribution in [1.82, 2.24) is 0 Å². The molecule has 0 spiro atoms. The molecule has 5 nitrogen and oxygen atoms in total. The van der Waals surface area contributed by atoms with Crippen molar-refractivity contribution in [2.75, 3.05) is 16.4 Å². The Balaban J connectivity index is 1.39. The van der Waals surface area contributed by atoms with Gasteiger partial charge in [0.1, 0.15) is 0 Å². The van der Waals surface area contributed by atoms with Crippen molar-refractivity contribution in [2.45, 2.75) is 32.2 Å². The van der Waals surface area contributed by atoms with Crippen LogP contribution in [0.3, 0.4) is 0 Å². The highest BCUT2D eigenvalue weighted by Gasteiger charge is 2.30. The molecule has 4 aromatic carbocycles. The zero-order valence-corrected chi connectivity index (χ0v) is 21.6. The average molecular weight is 501 g/mol. The highest BCUT2D eigenvalue weighted by molar-refractivity contribution is 6.08. The van der Waals surface area contributed by atoms with Crippen LogP contribution in [-0.2, 0) is 11.3 Å². The number of hydrogen-bond donors (Lipinski definition) is 3. The number of anilines is 3. The number of carbonyl (C=O) groups excluding carboxylic acids is 1. The summed E-state index contributed by atoms with van der Waals surface area (Å²) in [5.41, 5.74) is 15.1. The van der Waals surface area contributed by atoms with Gasteiger partial charge in [0.25, 0.3) is 5.91 Å². The normalized spacial score (nSPS) is 13.1. The fraction of sp³-hybridized carbons (Fsp3) is 0.152. The van der Waals surface area contributed by atoms with Gasteiger partial charge in [0.05, 0.1) is 17.1 Å². The summed E-state index contributed by atoms with van der Waals surface area (Å²) in [4.78, 5) is 17.6. The Morgan fingerprint density at radius 1 is 0.947 bits per heavy atom. The summed E-state index contributed by atoms with van der Waals surface area (Å²) in [6.07, 6.45) is 4.14. The third kappa shape index (κ3) is 5.68. The van der Waals surface area contributed by atoms with Gasteiger partial charge in [-0.05, 0) is 73.4 Å². The summed E-state index contributed by atoms with van der Waals surface area (Å²) >= 11 is 0. The molecule has 4 N–H and O–H groups in total. The number of aliphatic imine (C=N–C) groups is 1. The van der Waals surface area contributed by atoms with Crippen molar-refractivity contribution in [3.8, 4) is 11.1 Å². The van der Waals surface area contributed by atoms with Crippen LogP contribution in [0, 0.1) is 0 Å². The van der Waals surface area contributed by atoms with Crippen molar-refractivity contribution in [2.24, 2.45) is 4.99 Å². The van der Waals surface area contributed by atoms with E-state index in [4.69, 9.17) is 5.73 Å². The summed E-state index contributed by atoms with van der Waals surface area (Å²) in [5, 5.41) is 6.57. The predicted molar refractivity (Wildman–Crippen MR) is 160 cm³/mol. The van der Waals surface area contributed by atoms with E-state index < -0.39 is 0 Å². The van der Waals surface area contributed by atoms with Crippen molar-refractivity contribution < 1.29 is 4.79 Å². The van der Waals surface area contributed by atoms with Crippen LogP contribution >= 0.6 is 0 Å². The summed E-state index contributed by atoms with van der Waals surface area (Å²) in [7, 11) is 0. The second-order valence-corrected chi connectivity index (χ2v) is 9.69. The summed E-state index contributed by atoms with van der Waals surface area (Å²) in [6, 6.07) is 30.1. The number of nitrogen functional groups attached to an aromatic ring is 1. The van der Waals surface area contributed by atoms with Crippen LogP contribution in [0.25, 0.3) is 17.2 Å². The largest absolute Gasteiger partial charge is 0.397 e. The molecule has 5 rings (SSSR count). The highest BCUT2D eigenvalue weighted by Crippen LogP contribution is 2.49. The van der Waals surface area contributed by atoms with Gasteiger partial charge in [-0.3, -0.25) is 9.79 Å². The maximum Gasteiger partial charge on any atom is 0.251 e. The van der Waals surface area contributed by atoms with Gasteiger partial charge in [0.2, 0.25) is 0 Å². The lowest BCUT2D eigenvalue weighted by atomic mass is 9.99. The summed E-state index contributed by atoms with van der Waals surface area (Å²) in [6.45, 7) is 6.40. The molecule has 1 saturated carbocycles. The molecule has 1 fully saturated rings. The minimum Gasteiger partial charge on any atom is -0.397 e. The zero-order valence-electron chi connectivity index (χ0n) is 21.6. The molecule has 0 aromatic heterocycles. The number of nitrogens with zero attached hydrogens (tertiary/aromatic N) is 1. The fourth-order valence-corrected chi connectivity index (χ4v) is 4.64. The first-order chi connectivity index (χ1) is 18.5. The lowest BCUT2D eigenvalue weighted by Gasteiger charge is -2.17. The van der Waals surface area contributed by atoms with Crippen molar-refractivity contribution in [3.63, 3.8) is 0 Å². The third-order valence-corrected chi connectivity index (χ3v) is 6.86. The Morgan fingerprint density at radius 2 is 1.66 bits per heavy atom. The number of rotatable bonds is 9. The molecule has 1 aliphatic rings. The van der Waals surface area contributed by atoms with E-state index in [0.717, 1.165) is 47.5 Å². The molecule has 1 amide bonds. The molecule has 0 aliphatic heterocycles. The van der Waals surface area contributed by atoms with E-state index in [1.165, 1.54) is 11.1 Å². The number of nitrogens with one attached hydrogen (secondary N) is 2. The molecule has 5 heteroatoms. The maximum absolute atomic E-state index is 13.2. The monoisotopic (exact) mass is 500 g/mol. The van der Waals surface area contributed by atoms with E-state index in [0.29, 0.717) is 22.9 Å². The Kier molecular flexibility index (Phi) is 7.36. The highest BCUT2D eigenvalue weighted by atomic mass is 16.1. The van der Waals surface area contributed by atoms with Gasteiger partial charge >= 0.3 is 0 Å². The number of hydrogen-bond acceptors (Lipinski definition) is 4. The van der Waals surface area contributed by atoms with Crippen LogP contribution in [0.5, 0.6) is 0 Å². The van der Waals surface area contributed by atoms with Crippen molar-refractivity contribution in [1.29, 1.82) is 0 Å². The Bertz CT molecular complexity index is 1490. The minimum atomic E-state index is -0.212. The Labute approximate surface area is 224 Å². The van der Waals surface area contributed by atoms with E-state index in [1.54, 1.807) is 6.92 Å². The van der Waals surface area contributed by atoms with Crippen LogP contribution in [0.2, 0.25) is 0 Å². The Hall–Kier alpha value is -4.64. The first-order valence-electron chi connectivity index (χ1n) is 12.9. The van der Waals surface area contributed by atoms with Crippen LogP contribution in [0.4, 0.5) is 22.7 Å². The molecule has 0 unspecified atom stereocenters. The smallest absolute Gasteiger partial charge is 0.251 e. The van der Waals surface area contributed by atoms with Crippen molar-refractivity contribution >= 4 is 41.5 Å². The van der Waals surface area contributed by atoms with Crippen LogP contribution in [-0.4, -0.2) is 12.6 Å². The number of benzene rings is 4. The zero-order chi connectivity index (χ0) is 26.5. The molecule has 190 valence electrons. The second-order valence-electron chi connectivity index (χ2n) is 9.69. The quantitative estimate of drug-likeness (QED) is 0.125. The number of carbonyl (C=O) groups is 1. The molecule has 0 atom stereocenters. The lowest BCUT2D eigenvalue weighted by Crippen LogP contribution is -2.14. The number of nitrogens with two attached hydrogens (primary N) is 1. The molecular formula is C33H32N4O. The van der Waals surface area contributed by atoms with E-state index in [1.807, 2.05) is 78.9 Å². The molecule has 4 aromatic rings. The van der Waals surface area contributed by atoms with Crippen LogP contribution in [0.1, 0.15) is 42.4 Å². The predicted octanol–water partition coefficient (Wildman–Crippen LogP) is 7.80. The number of amides is 1. The molecule has 1 aliphatic carbocycles. The fourth-order valence-electron chi connectivity index (χ4n) is 4.64. The molecule has 0 heterocycles. The molecule has 0 saturated heterocycles. The molecular weight excluding hydrogens is 468 g/mol. The van der Waals surface area contributed by atoms with Gasteiger partial charge in [-0.1, -0.05) is 72.8 Å². The van der Waals surface area contributed by atoms with E-state index in [2.05, 4.69) is 40.5 Å². The SMILES string of the molecule is C=Nc1c(/C=C(\C)C(=O)Nc2cc(-c3ccccc3)ccc2N)ccc(NCc2ccccc2)c1C1CC1. The summed E-state index contributed by atoms with van der Waals surface area (Å²) in [5.74, 6) is 0.243. The van der Waals surface area contributed by atoms with Gasteiger partial charge in [0, 0.05) is 28.9 Å². The van der Waals surface area contributed by atoms with E-state index >= 15 is 0 Å². The van der Waals surface area contributed by atoms with E-state index in [9.17, 15) is 4.79 Å². The van der Waals surface area contributed by atoms with Gasteiger partial charge in [-0.2, -0.15) is 0 Å². The topological polar surface area (TPSA) is 79.5 Å². The van der Waals surface area contributed by atoms with Crippen LogP contribution in [0.15, 0.2) is 102 Å². The van der Waals surface area contributed by atoms with Gasteiger partial charge < -0.3 is 16.4 Å². The lowest BCUT2D eigenvalue weighted by molar-refractivity contribution is -0.112.